The average Bonchev–Trinajstić information content (AvgIpc) is 2.72. The maximum absolute atomic E-state index is 13.1. The first-order chi connectivity index (χ1) is 14.0. The number of nitrogens with one attached hydrogen (secondary N) is 1. The Morgan fingerprint density at radius 3 is 2.31 bits per heavy atom. The second-order valence-electron chi connectivity index (χ2n) is 8.80. The largest absolute Gasteiger partial charge is 0.381 e. The van der Waals surface area contributed by atoms with Crippen LogP contribution < -0.4 is 5.32 Å². The molecule has 1 amide bonds. The van der Waals surface area contributed by atoms with Crippen molar-refractivity contribution in [2.24, 2.45) is 5.41 Å². The third kappa shape index (κ3) is 4.52. The van der Waals surface area contributed by atoms with E-state index in [1.165, 1.54) is 5.56 Å². The molecule has 1 N–H and O–H groups in total. The molecule has 29 heavy (non-hydrogen) atoms. The highest BCUT2D eigenvalue weighted by Gasteiger charge is 2.45. The van der Waals surface area contributed by atoms with Crippen LogP contribution in [0.3, 0.4) is 0 Å². The number of carbonyl (C=O) groups is 1. The highest BCUT2D eigenvalue weighted by molar-refractivity contribution is 7.89. The molecule has 0 radical (unpaired) electrons. The number of amides is 1. The monoisotopic (exact) mass is 420 g/mol. The van der Waals surface area contributed by atoms with Crippen LogP contribution in [0, 0.1) is 5.41 Å². The van der Waals surface area contributed by atoms with Gasteiger partial charge in [0.15, 0.2) is 0 Å². The van der Waals surface area contributed by atoms with Crippen LogP contribution in [0.4, 0.5) is 0 Å². The molecule has 0 aromatic heterocycles. The zero-order valence-electron chi connectivity index (χ0n) is 17.0. The van der Waals surface area contributed by atoms with E-state index in [2.05, 4.69) is 17.4 Å². The summed E-state index contributed by atoms with van der Waals surface area (Å²) < 4.78 is 32.7. The number of hydrogen-bond donors (Lipinski definition) is 1. The number of sulfonamides is 1. The molecule has 3 aliphatic rings. The van der Waals surface area contributed by atoms with Crippen LogP contribution in [-0.4, -0.2) is 56.2 Å². The van der Waals surface area contributed by atoms with Gasteiger partial charge in [-0.15, -0.1) is 0 Å². The van der Waals surface area contributed by atoms with Gasteiger partial charge in [-0.3, -0.25) is 4.79 Å². The smallest absolute Gasteiger partial charge is 0.226 e. The van der Waals surface area contributed by atoms with Crippen LogP contribution >= 0.6 is 0 Å². The first-order valence-corrected chi connectivity index (χ1v) is 12.4. The third-order valence-electron chi connectivity index (χ3n) is 6.92. The number of piperidine rings is 1. The topological polar surface area (TPSA) is 75.7 Å². The molecule has 7 heteroatoms. The van der Waals surface area contributed by atoms with Crippen LogP contribution in [0.15, 0.2) is 30.3 Å². The minimum absolute atomic E-state index is 0.0666. The van der Waals surface area contributed by atoms with Crippen molar-refractivity contribution in [3.8, 4) is 0 Å². The Hall–Kier alpha value is -1.44. The van der Waals surface area contributed by atoms with Gasteiger partial charge in [-0.05, 0) is 50.5 Å². The second-order valence-corrected chi connectivity index (χ2v) is 11.0. The molecule has 1 aromatic carbocycles. The lowest BCUT2D eigenvalue weighted by molar-refractivity contribution is -0.137. The molecule has 1 aliphatic carbocycles. The molecule has 2 saturated heterocycles. The van der Waals surface area contributed by atoms with Gasteiger partial charge < -0.3 is 10.1 Å². The minimum Gasteiger partial charge on any atom is -0.381 e. The van der Waals surface area contributed by atoms with Crippen molar-refractivity contribution >= 4 is 15.9 Å². The molecule has 4 rings (SSSR count). The van der Waals surface area contributed by atoms with E-state index in [9.17, 15) is 13.2 Å². The van der Waals surface area contributed by atoms with E-state index < -0.39 is 10.0 Å². The number of rotatable bonds is 6. The van der Waals surface area contributed by atoms with Gasteiger partial charge in [0.25, 0.3) is 0 Å². The Balaban J connectivity index is 1.31. The molecule has 1 saturated carbocycles. The highest BCUT2D eigenvalue weighted by atomic mass is 32.2. The number of hydrogen-bond acceptors (Lipinski definition) is 4. The quantitative estimate of drug-likeness (QED) is 0.767. The fraction of sp³-hybridized carbons (Fsp3) is 0.682. The van der Waals surface area contributed by atoms with Gasteiger partial charge in [0.1, 0.15) is 0 Å². The van der Waals surface area contributed by atoms with Crippen LogP contribution in [-0.2, 0) is 26.0 Å². The van der Waals surface area contributed by atoms with E-state index >= 15 is 0 Å². The first kappa shape index (κ1) is 20.8. The molecule has 0 bridgehead atoms. The van der Waals surface area contributed by atoms with Gasteiger partial charge in [0.05, 0.1) is 10.7 Å². The lowest BCUT2D eigenvalue weighted by Crippen LogP contribution is -2.54. The Bertz CT molecular complexity index is 793. The summed E-state index contributed by atoms with van der Waals surface area (Å²) >= 11 is 0. The lowest BCUT2D eigenvalue weighted by Gasteiger charge is -2.42. The van der Waals surface area contributed by atoms with Crippen LogP contribution in [0.25, 0.3) is 0 Å². The summed E-state index contributed by atoms with van der Waals surface area (Å²) in [6.07, 6.45) is 6.31. The van der Waals surface area contributed by atoms with Gasteiger partial charge in [0, 0.05) is 32.3 Å². The van der Waals surface area contributed by atoms with Crippen molar-refractivity contribution in [1.82, 2.24) is 9.62 Å². The summed E-state index contributed by atoms with van der Waals surface area (Å²) in [5, 5.41) is 2.94. The van der Waals surface area contributed by atoms with Crippen LogP contribution in [0.1, 0.15) is 50.5 Å². The van der Waals surface area contributed by atoms with Crippen molar-refractivity contribution in [3.05, 3.63) is 35.9 Å². The van der Waals surface area contributed by atoms with Gasteiger partial charge >= 0.3 is 0 Å². The molecule has 160 valence electrons. The molecule has 2 aliphatic heterocycles. The molecule has 3 fully saturated rings. The molecular weight excluding hydrogens is 388 g/mol. The molecule has 6 nitrogen and oxygen atoms in total. The number of ether oxygens (including phenoxy) is 1. The van der Waals surface area contributed by atoms with Crippen molar-refractivity contribution in [2.75, 3.05) is 26.3 Å². The van der Waals surface area contributed by atoms with Crippen LogP contribution in [0.5, 0.6) is 0 Å². The van der Waals surface area contributed by atoms with Crippen molar-refractivity contribution < 1.29 is 17.9 Å². The predicted octanol–water partition coefficient (Wildman–Crippen LogP) is 2.49. The summed E-state index contributed by atoms with van der Waals surface area (Å²) in [7, 11) is -3.26. The Kier molecular flexibility index (Phi) is 6.27. The lowest BCUT2D eigenvalue weighted by atomic mass is 9.64. The second kappa shape index (κ2) is 8.74. The maximum atomic E-state index is 13.1. The SMILES string of the molecule is O=C(NC1CCN(S(=O)(=O)C2CCOCC2)CC1)C1(Cc2ccccc2)CCC1. The van der Waals surface area contributed by atoms with E-state index in [-0.39, 0.29) is 22.6 Å². The van der Waals surface area contributed by atoms with Crippen molar-refractivity contribution in [3.63, 3.8) is 0 Å². The van der Waals surface area contributed by atoms with E-state index in [1.54, 1.807) is 4.31 Å². The maximum Gasteiger partial charge on any atom is 0.226 e. The molecular formula is C22H32N2O4S. The Labute approximate surface area is 174 Å². The Morgan fingerprint density at radius 1 is 1.07 bits per heavy atom. The fourth-order valence-corrected chi connectivity index (χ4v) is 6.78. The summed E-state index contributed by atoms with van der Waals surface area (Å²) in [4.78, 5) is 13.1. The summed E-state index contributed by atoms with van der Waals surface area (Å²) in [6.45, 7) is 2.05. The molecule has 1 aromatic rings. The minimum atomic E-state index is -3.26. The van der Waals surface area contributed by atoms with Crippen molar-refractivity contribution in [2.45, 2.75) is 62.7 Å². The zero-order chi connectivity index (χ0) is 20.3. The van der Waals surface area contributed by atoms with Gasteiger partial charge in [0.2, 0.25) is 15.9 Å². The number of benzene rings is 1. The van der Waals surface area contributed by atoms with Gasteiger partial charge in [-0.25, -0.2) is 12.7 Å². The average molecular weight is 421 g/mol. The number of nitrogens with zero attached hydrogens (tertiary/aromatic N) is 1. The van der Waals surface area contributed by atoms with Gasteiger partial charge in [-0.2, -0.15) is 0 Å². The highest BCUT2D eigenvalue weighted by Crippen LogP contribution is 2.44. The standard InChI is InChI=1S/C22H32N2O4S/c25-21(22(11-4-12-22)17-18-5-2-1-3-6-18)23-19-7-13-24(14-8-19)29(26,27)20-9-15-28-16-10-20/h1-3,5-6,19-20H,4,7-17H2,(H,23,25). The Morgan fingerprint density at radius 2 is 1.72 bits per heavy atom. The van der Waals surface area contributed by atoms with Gasteiger partial charge in [-0.1, -0.05) is 36.8 Å². The van der Waals surface area contributed by atoms with E-state index in [0.29, 0.717) is 52.0 Å². The molecule has 2 heterocycles. The molecule has 0 atom stereocenters. The first-order valence-electron chi connectivity index (χ1n) is 10.9. The zero-order valence-corrected chi connectivity index (χ0v) is 17.8. The predicted molar refractivity (Wildman–Crippen MR) is 112 cm³/mol. The number of carbonyl (C=O) groups excluding carboxylic acids is 1. The van der Waals surface area contributed by atoms with E-state index in [1.807, 2.05) is 18.2 Å². The van der Waals surface area contributed by atoms with E-state index in [0.717, 1.165) is 25.7 Å². The summed E-state index contributed by atoms with van der Waals surface area (Å²) in [5.74, 6) is 0.151. The fourth-order valence-electron chi connectivity index (χ4n) is 4.85. The third-order valence-corrected chi connectivity index (χ3v) is 9.32. The normalized spacial score (nSPS) is 24.0. The summed E-state index contributed by atoms with van der Waals surface area (Å²) in [5.41, 5.74) is 0.923. The molecule has 0 spiro atoms. The van der Waals surface area contributed by atoms with E-state index in [4.69, 9.17) is 4.74 Å². The van der Waals surface area contributed by atoms with Crippen LogP contribution in [0.2, 0.25) is 0 Å². The summed E-state index contributed by atoms with van der Waals surface area (Å²) in [6, 6.07) is 10.3. The molecule has 0 unspecified atom stereocenters. The van der Waals surface area contributed by atoms with Crippen molar-refractivity contribution in [1.29, 1.82) is 0 Å².